The molecule has 0 aliphatic heterocycles. The van der Waals surface area contributed by atoms with E-state index in [-0.39, 0.29) is 17.9 Å². The number of H-pyrrole nitrogens is 2. The highest BCUT2D eigenvalue weighted by Gasteiger charge is 2.12. The number of aromatic nitrogens is 3. The largest absolute Gasteiger partial charge is 0.497 e. The van der Waals surface area contributed by atoms with Gasteiger partial charge < -0.3 is 19.1 Å². The van der Waals surface area contributed by atoms with Crippen molar-refractivity contribution in [3.63, 3.8) is 0 Å². The second-order valence-electron chi connectivity index (χ2n) is 5.81. The van der Waals surface area contributed by atoms with Crippen LogP contribution in [0.3, 0.4) is 0 Å². The summed E-state index contributed by atoms with van der Waals surface area (Å²) in [6, 6.07) is 7.01. The van der Waals surface area contributed by atoms with Gasteiger partial charge in [-0.05, 0) is 12.1 Å². The Kier molecular flexibility index (Phi) is 4.87. The molecule has 0 saturated heterocycles. The Morgan fingerprint density at radius 1 is 1.32 bits per heavy atom. The van der Waals surface area contributed by atoms with Gasteiger partial charge in [0.15, 0.2) is 0 Å². The van der Waals surface area contributed by atoms with E-state index in [0.717, 1.165) is 22.6 Å². The van der Waals surface area contributed by atoms with Gasteiger partial charge in [-0.1, -0.05) is 0 Å². The molecular formula is C17H20N4O4. The molecule has 0 radical (unpaired) electrons. The van der Waals surface area contributed by atoms with Crippen LogP contribution in [0.1, 0.15) is 18.0 Å². The van der Waals surface area contributed by atoms with Crippen molar-refractivity contribution in [2.24, 2.45) is 0 Å². The molecule has 0 spiro atoms. The molecular weight excluding hydrogens is 324 g/mol. The number of aromatic amines is 2. The second kappa shape index (κ2) is 7.25. The molecule has 2 N–H and O–H groups in total. The van der Waals surface area contributed by atoms with Gasteiger partial charge in [0.1, 0.15) is 17.3 Å². The predicted molar refractivity (Wildman–Crippen MR) is 91.6 cm³/mol. The van der Waals surface area contributed by atoms with E-state index in [1.54, 1.807) is 19.1 Å². The number of likely N-dealkylation sites (N-methyl/N-ethyl adjacent to an activating group) is 1. The number of ether oxygens (including phenoxy) is 1. The Morgan fingerprint density at radius 3 is 2.88 bits per heavy atom. The van der Waals surface area contributed by atoms with Crippen LogP contribution in [0.2, 0.25) is 0 Å². The van der Waals surface area contributed by atoms with Crippen LogP contribution in [0.15, 0.2) is 33.6 Å². The molecule has 25 heavy (non-hydrogen) atoms. The first kappa shape index (κ1) is 16.8. The molecule has 1 amide bonds. The van der Waals surface area contributed by atoms with Gasteiger partial charge in [0, 0.05) is 45.0 Å². The minimum atomic E-state index is -0.294. The maximum Gasteiger partial charge on any atom is 0.280 e. The lowest BCUT2D eigenvalue weighted by molar-refractivity contribution is -0.129. The van der Waals surface area contributed by atoms with Gasteiger partial charge in [-0.3, -0.25) is 9.59 Å². The molecule has 3 aromatic rings. The molecule has 0 aliphatic rings. The topological polar surface area (TPSA) is 104 Å². The number of amides is 1. The van der Waals surface area contributed by atoms with Crippen molar-refractivity contribution in [3.05, 3.63) is 46.2 Å². The molecule has 0 atom stereocenters. The van der Waals surface area contributed by atoms with Gasteiger partial charge in [-0.15, -0.1) is 0 Å². The lowest BCUT2D eigenvalue weighted by Crippen LogP contribution is -2.29. The number of benzene rings is 1. The predicted octanol–water partition coefficient (Wildman–Crippen LogP) is 1.49. The molecule has 2 heterocycles. The third-order valence-electron chi connectivity index (χ3n) is 4.01. The standard InChI is InChI=1S/C17H20N4O4/c1-21(17(23)6-4-12-10-16(22)20-25-12)8-7-15-18-13-5-3-11(24-2)9-14(13)19-15/h3,5,9-10H,4,6-8H2,1-2H3,(H,18,19)(H,20,22). The minimum Gasteiger partial charge on any atom is -0.497 e. The third-order valence-corrected chi connectivity index (χ3v) is 4.01. The van der Waals surface area contributed by atoms with E-state index < -0.39 is 0 Å². The zero-order valence-corrected chi connectivity index (χ0v) is 14.2. The van der Waals surface area contributed by atoms with Crippen LogP contribution in [-0.2, 0) is 17.6 Å². The normalized spacial score (nSPS) is 11.0. The van der Waals surface area contributed by atoms with Gasteiger partial charge in [0.05, 0.1) is 18.1 Å². The highest BCUT2D eigenvalue weighted by molar-refractivity contribution is 5.77. The number of nitrogens with zero attached hydrogens (tertiary/aromatic N) is 2. The monoisotopic (exact) mass is 344 g/mol. The number of hydrogen-bond acceptors (Lipinski definition) is 5. The average molecular weight is 344 g/mol. The zero-order valence-electron chi connectivity index (χ0n) is 14.2. The fraction of sp³-hybridized carbons (Fsp3) is 0.353. The smallest absolute Gasteiger partial charge is 0.280 e. The number of methoxy groups -OCH3 is 1. The molecule has 0 saturated carbocycles. The summed E-state index contributed by atoms with van der Waals surface area (Å²) in [7, 11) is 3.37. The quantitative estimate of drug-likeness (QED) is 0.676. The molecule has 8 nitrogen and oxygen atoms in total. The maximum absolute atomic E-state index is 12.1. The molecule has 0 fully saturated rings. The van der Waals surface area contributed by atoms with E-state index in [0.29, 0.717) is 25.1 Å². The Labute approximate surface area is 143 Å². The number of rotatable bonds is 7. The van der Waals surface area contributed by atoms with Crippen LogP contribution in [0.4, 0.5) is 0 Å². The van der Waals surface area contributed by atoms with Crippen LogP contribution in [-0.4, -0.2) is 46.6 Å². The van der Waals surface area contributed by atoms with E-state index in [2.05, 4.69) is 15.1 Å². The number of nitrogens with one attached hydrogen (secondary N) is 2. The van der Waals surface area contributed by atoms with E-state index in [1.165, 1.54) is 6.07 Å². The summed E-state index contributed by atoms with van der Waals surface area (Å²) in [5.41, 5.74) is 1.48. The first-order valence-corrected chi connectivity index (χ1v) is 7.99. The summed E-state index contributed by atoms with van der Waals surface area (Å²) < 4.78 is 10.1. The van der Waals surface area contributed by atoms with Crippen LogP contribution in [0, 0.1) is 0 Å². The second-order valence-corrected chi connectivity index (χ2v) is 5.81. The lowest BCUT2D eigenvalue weighted by atomic mass is 10.2. The van der Waals surface area contributed by atoms with Crippen molar-refractivity contribution >= 4 is 16.9 Å². The van der Waals surface area contributed by atoms with Crippen LogP contribution >= 0.6 is 0 Å². The van der Waals surface area contributed by atoms with E-state index in [1.807, 2.05) is 18.2 Å². The summed E-state index contributed by atoms with van der Waals surface area (Å²) in [6.45, 7) is 0.548. The minimum absolute atomic E-state index is 0.0124. The molecule has 0 aliphatic carbocycles. The average Bonchev–Trinajstić information content (AvgIpc) is 3.22. The first-order chi connectivity index (χ1) is 12.0. The van der Waals surface area contributed by atoms with Gasteiger partial charge in [0.25, 0.3) is 5.56 Å². The van der Waals surface area contributed by atoms with Gasteiger partial charge in [-0.2, -0.15) is 5.16 Å². The molecule has 0 unspecified atom stereocenters. The molecule has 8 heteroatoms. The van der Waals surface area contributed by atoms with E-state index >= 15 is 0 Å². The number of fused-ring (bicyclic) bond motifs is 1. The third kappa shape index (κ3) is 4.09. The fourth-order valence-electron chi connectivity index (χ4n) is 2.55. The molecule has 1 aromatic carbocycles. The number of carbonyl (C=O) groups is 1. The fourth-order valence-corrected chi connectivity index (χ4v) is 2.55. The van der Waals surface area contributed by atoms with Crippen molar-refractivity contribution < 1.29 is 14.1 Å². The van der Waals surface area contributed by atoms with Gasteiger partial charge >= 0.3 is 0 Å². The van der Waals surface area contributed by atoms with Crippen molar-refractivity contribution in [2.75, 3.05) is 20.7 Å². The zero-order chi connectivity index (χ0) is 17.8. The Balaban J connectivity index is 1.53. The molecule has 3 rings (SSSR count). The van der Waals surface area contributed by atoms with E-state index in [4.69, 9.17) is 9.26 Å². The molecule has 0 bridgehead atoms. The summed E-state index contributed by atoms with van der Waals surface area (Å²) >= 11 is 0. The first-order valence-electron chi connectivity index (χ1n) is 7.99. The summed E-state index contributed by atoms with van der Waals surface area (Å²) in [4.78, 5) is 32.5. The maximum atomic E-state index is 12.1. The van der Waals surface area contributed by atoms with Gasteiger partial charge in [-0.25, -0.2) is 4.98 Å². The van der Waals surface area contributed by atoms with Crippen molar-refractivity contribution in [3.8, 4) is 5.75 Å². The highest BCUT2D eigenvalue weighted by Crippen LogP contribution is 2.18. The van der Waals surface area contributed by atoms with Crippen molar-refractivity contribution in [1.82, 2.24) is 20.0 Å². The van der Waals surface area contributed by atoms with Crippen molar-refractivity contribution in [1.29, 1.82) is 0 Å². The number of carbonyl (C=O) groups excluding carboxylic acids is 1. The number of aryl methyl sites for hydroxylation is 1. The molecule has 2 aromatic heterocycles. The Hall–Kier alpha value is -3.03. The van der Waals surface area contributed by atoms with Crippen LogP contribution < -0.4 is 10.3 Å². The SMILES string of the molecule is COc1ccc2nc(CCN(C)C(=O)CCc3cc(=O)[nH]o3)[nH]c2c1. The van der Waals surface area contributed by atoms with Crippen molar-refractivity contribution in [2.45, 2.75) is 19.3 Å². The van der Waals surface area contributed by atoms with Gasteiger partial charge in [0.2, 0.25) is 5.91 Å². The van der Waals surface area contributed by atoms with E-state index in [9.17, 15) is 9.59 Å². The summed E-state index contributed by atoms with van der Waals surface area (Å²) in [6.07, 6.45) is 1.31. The van der Waals surface area contributed by atoms with Crippen LogP contribution in [0.5, 0.6) is 5.75 Å². The number of imidazole rings is 1. The summed E-state index contributed by atoms with van der Waals surface area (Å²) in [5.74, 6) is 2.06. The molecule has 132 valence electrons. The Bertz CT molecular complexity index is 924. The lowest BCUT2D eigenvalue weighted by Gasteiger charge is -2.15. The summed E-state index contributed by atoms with van der Waals surface area (Å²) in [5, 5.41) is 2.21. The highest BCUT2D eigenvalue weighted by atomic mass is 16.5. The Morgan fingerprint density at radius 2 is 2.16 bits per heavy atom. The van der Waals surface area contributed by atoms with Crippen LogP contribution in [0.25, 0.3) is 11.0 Å². The number of hydrogen-bond donors (Lipinski definition) is 2.